The minimum Gasteiger partial charge on any atom is -0.307 e. The van der Waals surface area contributed by atoms with Crippen molar-refractivity contribution in [3.8, 4) is 45.9 Å². The molecule has 0 amide bonds. The quantitative estimate of drug-likeness (QED) is 0.189. The summed E-state index contributed by atoms with van der Waals surface area (Å²) in [6.07, 6.45) is 1.83. The number of nitrogens with zero attached hydrogens (tertiary/aromatic N) is 6. The van der Waals surface area contributed by atoms with E-state index in [2.05, 4.69) is 114 Å². The van der Waals surface area contributed by atoms with Gasteiger partial charge in [0.1, 0.15) is 0 Å². The maximum absolute atomic E-state index is 9.90. The number of rotatable bonds is 4. The number of hydrogen-bond donors (Lipinski definition) is 0. The minimum atomic E-state index is 0.571. The summed E-state index contributed by atoms with van der Waals surface area (Å²) in [4.78, 5) is 20.2. The molecule has 0 bridgehead atoms. The first-order valence-corrected chi connectivity index (χ1v) is 16.8. The monoisotopic (exact) mass is 650 g/mol. The van der Waals surface area contributed by atoms with Gasteiger partial charge in [-0.05, 0) is 70.1 Å². The molecule has 236 valence electrons. The Bertz CT molecular complexity index is 2950. The Labute approximate surface area is 292 Å². The van der Waals surface area contributed by atoms with Crippen molar-refractivity contribution < 1.29 is 0 Å². The maximum Gasteiger partial charge on any atom is 0.164 e. The number of para-hydroxylation sites is 1. The Morgan fingerprint density at radius 2 is 1.04 bits per heavy atom. The van der Waals surface area contributed by atoms with E-state index in [0.717, 1.165) is 76.6 Å². The van der Waals surface area contributed by atoms with Crippen LogP contribution in [0.3, 0.4) is 0 Å². The molecule has 0 saturated carbocycles. The van der Waals surface area contributed by atoms with Crippen molar-refractivity contribution in [2.75, 3.05) is 0 Å². The van der Waals surface area contributed by atoms with E-state index in [1.165, 1.54) is 0 Å². The summed E-state index contributed by atoms with van der Waals surface area (Å²) in [5, 5.41) is 17.3. The third-order valence-electron chi connectivity index (χ3n) is 9.70. The summed E-state index contributed by atoms with van der Waals surface area (Å²) in [7, 11) is 0. The molecule has 3 heterocycles. The van der Waals surface area contributed by atoms with E-state index in [9.17, 15) is 5.26 Å². The fourth-order valence-corrected chi connectivity index (χ4v) is 7.35. The van der Waals surface area contributed by atoms with Crippen molar-refractivity contribution in [2.45, 2.75) is 0 Å². The minimum absolute atomic E-state index is 0.571. The Morgan fingerprint density at radius 3 is 1.75 bits per heavy atom. The van der Waals surface area contributed by atoms with Gasteiger partial charge in [-0.3, -0.25) is 4.98 Å². The van der Waals surface area contributed by atoms with Crippen LogP contribution in [0.1, 0.15) is 5.56 Å². The number of nitriles is 1. The van der Waals surface area contributed by atoms with Crippen LogP contribution in [0.4, 0.5) is 0 Å². The maximum atomic E-state index is 9.90. The fraction of sp³-hybridized carbons (Fsp3) is 0. The highest BCUT2D eigenvalue weighted by Gasteiger charge is 2.19. The number of aromatic nitrogens is 5. The molecule has 10 aromatic rings. The molecule has 3 aromatic heterocycles. The van der Waals surface area contributed by atoms with Crippen LogP contribution in [-0.4, -0.2) is 24.5 Å². The van der Waals surface area contributed by atoms with Crippen LogP contribution in [0.2, 0.25) is 0 Å². The van der Waals surface area contributed by atoms with Gasteiger partial charge >= 0.3 is 0 Å². The zero-order valence-corrected chi connectivity index (χ0v) is 27.2. The molecule has 0 fully saturated rings. The van der Waals surface area contributed by atoms with Gasteiger partial charge in [0, 0.05) is 39.0 Å². The van der Waals surface area contributed by atoms with Gasteiger partial charge in [0.15, 0.2) is 17.5 Å². The lowest BCUT2D eigenvalue weighted by Crippen LogP contribution is -2.01. The zero-order chi connectivity index (χ0) is 33.9. The first-order valence-electron chi connectivity index (χ1n) is 16.8. The van der Waals surface area contributed by atoms with Crippen LogP contribution in [0, 0.1) is 11.3 Å². The Balaban J connectivity index is 1.25. The largest absolute Gasteiger partial charge is 0.307 e. The van der Waals surface area contributed by atoms with E-state index in [-0.39, 0.29) is 0 Å². The summed E-state index contributed by atoms with van der Waals surface area (Å²) in [5.74, 6) is 1.79. The third-order valence-corrected chi connectivity index (χ3v) is 9.70. The Kier molecular flexibility index (Phi) is 6.45. The van der Waals surface area contributed by atoms with Crippen LogP contribution in [0.15, 0.2) is 158 Å². The molecular weight excluding hydrogens is 625 g/mol. The van der Waals surface area contributed by atoms with Crippen molar-refractivity contribution in [3.63, 3.8) is 0 Å². The van der Waals surface area contributed by atoms with Crippen LogP contribution < -0.4 is 0 Å². The number of hydrogen-bond acceptors (Lipinski definition) is 5. The molecule has 0 N–H and O–H groups in total. The molecule has 0 spiro atoms. The molecule has 6 nitrogen and oxygen atoms in total. The van der Waals surface area contributed by atoms with E-state index < -0.39 is 0 Å². The van der Waals surface area contributed by atoms with Crippen molar-refractivity contribution >= 4 is 54.3 Å². The molecule has 10 rings (SSSR count). The third kappa shape index (κ3) is 4.64. The Morgan fingerprint density at radius 1 is 0.471 bits per heavy atom. The van der Waals surface area contributed by atoms with Gasteiger partial charge in [-0.1, -0.05) is 103 Å². The second-order valence-electron chi connectivity index (χ2n) is 12.6. The van der Waals surface area contributed by atoms with Crippen molar-refractivity contribution in [3.05, 3.63) is 163 Å². The van der Waals surface area contributed by atoms with E-state index >= 15 is 0 Å². The van der Waals surface area contributed by atoms with Gasteiger partial charge in [0.2, 0.25) is 0 Å². The molecule has 0 unspecified atom stereocenters. The van der Waals surface area contributed by atoms with Gasteiger partial charge in [0.25, 0.3) is 0 Å². The highest BCUT2D eigenvalue weighted by Crippen LogP contribution is 2.38. The number of benzene rings is 7. The Hall–Kier alpha value is -7.23. The molecule has 0 aliphatic heterocycles. The van der Waals surface area contributed by atoms with E-state index in [1.54, 1.807) is 0 Å². The van der Waals surface area contributed by atoms with E-state index in [1.807, 2.05) is 54.7 Å². The van der Waals surface area contributed by atoms with Gasteiger partial charge in [-0.2, -0.15) is 5.26 Å². The predicted molar refractivity (Wildman–Crippen MR) is 206 cm³/mol. The lowest BCUT2D eigenvalue weighted by molar-refractivity contribution is 1.08. The molecule has 0 radical (unpaired) electrons. The lowest BCUT2D eigenvalue weighted by atomic mass is 10.0. The summed E-state index contributed by atoms with van der Waals surface area (Å²) in [5.41, 5.74) is 7.20. The smallest absolute Gasteiger partial charge is 0.164 e. The summed E-state index contributed by atoms with van der Waals surface area (Å²) in [6.45, 7) is 0. The van der Waals surface area contributed by atoms with Crippen LogP contribution in [-0.2, 0) is 0 Å². The summed E-state index contributed by atoms with van der Waals surface area (Å²) < 4.78 is 2.24. The standard InChI is InChI=1S/C45H26N6/c46-27-28-20-22-39-37(25-28)38-26-32(21-23-40(38)51(39)41-19-7-13-31-14-8-24-47-42(31)41)43-48-44(35-17-5-11-29-9-1-3-15-33(29)35)50-45(49-43)36-18-6-12-30-10-2-4-16-34(30)36/h1-26H. The van der Waals surface area contributed by atoms with Gasteiger partial charge < -0.3 is 4.57 Å². The van der Waals surface area contributed by atoms with Crippen molar-refractivity contribution in [1.29, 1.82) is 5.26 Å². The molecular formula is C45H26N6. The van der Waals surface area contributed by atoms with Crippen LogP contribution >= 0.6 is 0 Å². The predicted octanol–water partition coefficient (Wildman–Crippen LogP) is 10.7. The summed E-state index contributed by atoms with van der Waals surface area (Å²) >= 11 is 0. The first kappa shape index (κ1) is 28.8. The topological polar surface area (TPSA) is 80.3 Å². The highest BCUT2D eigenvalue weighted by molar-refractivity contribution is 6.12. The van der Waals surface area contributed by atoms with Gasteiger partial charge in [-0.25, -0.2) is 15.0 Å². The fourth-order valence-electron chi connectivity index (χ4n) is 7.35. The van der Waals surface area contributed by atoms with Gasteiger partial charge in [-0.15, -0.1) is 0 Å². The molecule has 0 saturated heterocycles. The normalized spacial score (nSPS) is 11.5. The van der Waals surface area contributed by atoms with Crippen LogP contribution in [0.5, 0.6) is 0 Å². The number of fused-ring (bicyclic) bond motifs is 6. The van der Waals surface area contributed by atoms with Crippen molar-refractivity contribution in [2.24, 2.45) is 0 Å². The first-order chi connectivity index (χ1) is 25.2. The van der Waals surface area contributed by atoms with Gasteiger partial charge in [0.05, 0.1) is 33.9 Å². The highest BCUT2D eigenvalue weighted by atomic mass is 15.0. The zero-order valence-electron chi connectivity index (χ0n) is 27.2. The molecule has 7 aromatic carbocycles. The average molecular weight is 651 g/mol. The molecule has 0 atom stereocenters. The molecule has 0 aliphatic rings. The van der Waals surface area contributed by atoms with E-state index in [4.69, 9.17) is 19.9 Å². The second-order valence-corrected chi connectivity index (χ2v) is 12.6. The SMILES string of the molecule is N#Cc1ccc2c(c1)c1cc(-c3nc(-c4cccc5ccccc45)nc(-c4cccc5ccccc45)n3)ccc1n2-c1cccc2cccnc12. The molecule has 6 heteroatoms. The molecule has 0 aliphatic carbocycles. The summed E-state index contributed by atoms with van der Waals surface area (Å²) in [6, 6.07) is 53.9. The average Bonchev–Trinajstić information content (AvgIpc) is 3.52. The molecule has 51 heavy (non-hydrogen) atoms. The number of pyridine rings is 1. The lowest BCUT2D eigenvalue weighted by Gasteiger charge is -2.12. The van der Waals surface area contributed by atoms with Crippen molar-refractivity contribution in [1.82, 2.24) is 24.5 Å². The van der Waals surface area contributed by atoms with E-state index in [0.29, 0.717) is 23.0 Å². The second kappa shape index (κ2) is 11.4. The van der Waals surface area contributed by atoms with Crippen LogP contribution in [0.25, 0.3) is 94.1 Å².